The van der Waals surface area contributed by atoms with Crippen molar-refractivity contribution in [2.45, 2.75) is 58.8 Å². The van der Waals surface area contributed by atoms with Gasteiger partial charge < -0.3 is 24.6 Å². The van der Waals surface area contributed by atoms with Gasteiger partial charge in [0.25, 0.3) is 0 Å². The van der Waals surface area contributed by atoms with Crippen molar-refractivity contribution in [1.82, 2.24) is 15.3 Å². The first kappa shape index (κ1) is 23.6. The number of benzene rings is 1. The topological polar surface area (TPSA) is 79.8 Å². The second-order valence-corrected chi connectivity index (χ2v) is 9.14. The number of hydrogen-bond donors (Lipinski definition) is 1. The van der Waals surface area contributed by atoms with E-state index in [2.05, 4.69) is 27.1 Å². The van der Waals surface area contributed by atoms with Crippen LogP contribution in [0.1, 0.15) is 52.6 Å². The maximum absolute atomic E-state index is 12.0. The fraction of sp³-hybridized carbons (Fsp3) is 0.542. The lowest BCUT2D eigenvalue weighted by molar-refractivity contribution is 0.0508. The van der Waals surface area contributed by atoms with Crippen LogP contribution in [0.5, 0.6) is 5.75 Å². The van der Waals surface area contributed by atoms with E-state index in [1.165, 1.54) is 0 Å². The van der Waals surface area contributed by atoms with Crippen molar-refractivity contribution in [2.24, 2.45) is 0 Å². The summed E-state index contributed by atoms with van der Waals surface area (Å²) in [5.41, 5.74) is 0.473. The van der Waals surface area contributed by atoms with Gasteiger partial charge in [0.2, 0.25) is 5.95 Å². The van der Waals surface area contributed by atoms with Crippen LogP contribution in [0.15, 0.2) is 36.5 Å². The zero-order valence-electron chi connectivity index (χ0n) is 20.0. The molecule has 1 aliphatic rings. The van der Waals surface area contributed by atoms with E-state index in [0.717, 1.165) is 49.1 Å². The van der Waals surface area contributed by atoms with Gasteiger partial charge in [0.05, 0.1) is 12.6 Å². The Bertz CT molecular complexity index is 897. The third kappa shape index (κ3) is 6.48. The molecule has 0 bridgehead atoms. The number of rotatable bonds is 7. The Morgan fingerprint density at radius 2 is 2.00 bits per heavy atom. The Balaban J connectivity index is 1.54. The van der Waals surface area contributed by atoms with E-state index in [0.29, 0.717) is 0 Å². The molecular weight excluding hydrogens is 406 g/mol. The number of amides is 1. The molecule has 32 heavy (non-hydrogen) atoms. The highest BCUT2D eigenvalue weighted by Crippen LogP contribution is 2.24. The van der Waals surface area contributed by atoms with Crippen LogP contribution < -0.4 is 19.9 Å². The molecule has 3 rings (SSSR count). The van der Waals surface area contributed by atoms with Crippen LogP contribution in [-0.4, -0.2) is 54.4 Å². The van der Waals surface area contributed by atoms with Crippen LogP contribution in [0, 0.1) is 0 Å². The van der Waals surface area contributed by atoms with Crippen molar-refractivity contribution >= 4 is 17.9 Å². The average Bonchev–Trinajstić information content (AvgIpc) is 3.21. The SMILES string of the molecule is CCN(C)c1nccc(N2CC[C@@H](Oc3ccc([C@H](C)NC(=O)OC(C)(C)C)cc3)C2)n1. The molecule has 1 aromatic carbocycles. The molecule has 2 heterocycles. The Morgan fingerprint density at radius 1 is 1.28 bits per heavy atom. The van der Waals surface area contributed by atoms with Crippen LogP contribution in [0.2, 0.25) is 0 Å². The van der Waals surface area contributed by atoms with Gasteiger partial charge in [0.1, 0.15) is 23.3 Å². The second kappa shape index (κ2) is 10.1. The normalized spacial score (nSPS) is 17.1. The molecule has 8 heteroatoms. The molecule has 0 spiro atoms. The number of aromatic nitrogens is 2. The maximum Gasteiger partial charge on any atom is 0.408 e. The molecule has 1 aromatic heterocycles. The molecule has 1 N–H and O–H groups in total. The molecule has 0 saturated carbocycles. The van der Waals surface area contributed by atoms with Crippen LogP contribution in [0.25, 0.3) is 0 Å². The monoisotopic (exact) mass is 441 g/mol. The molecule has 1 aliphatic heterocycles. The summed E-state index contributed by atoms with van der Waals surface area (Å²) in [6, 6.07) is 9.63. The minimum absolute atomic E-state index is 0.0977. The average molecular weight is 442 g/mol. The first-order valence-corrected chi connectivity index (χ1v) is 11.2. The second-order valence-electron chi connectivity index (χ2n) is 9.14. The van der Waals surface area contributed by atoms with Gasteiger partial charge in [-0.1, -0.05) is 12.1 Å². The summed E-state index contributed by atoms with van der Waals surface area (Å²) in [7, 11) is 1.99. The highest BCUT2D eigenvalue weighted by molar-refractivity contribution is 5.68. The number of ether oxygens (including phenoxy) is 2. The number of alkyl carbamates (subject to hydrolysis) is 1. The number of carbonyl (C=O) groups is 1. The largest absolute Gasteiger partial charge is 0.489 e. The molecule has 0 unspecified atom stereocenters. The fourth-order valence-electron chi connectivity index (χ4n) is 3.47. The molecule has 0 radical (unpaired) electrons. The molecule has 0 aliphatic carbocycles. The summed E-state index contributed by atoms with van der Waals surface area (Å²) in [5, 5.41) is 2.86. The van der Waals surface area contributed by atoms with Gasteiger partial charge in [0.15, 0.2) is 0 Å². The van der Waals surface area contributed by atoms with Crippen LogP contribution in [-0.2, 0) is 4.74 Å². The molecule has 8 nitrogen and oxygen atoms in total. The van der Waals surface area contributed by atoms with E-state index >= 15 is 0 Å². The molecule has 1 fully saturated rings. The van der Waals surface area contributed by atoms with Crippen LogP contribution in [0.4, 0.5) is 16.6 Å². The maximum atomic E-state index is 12.0. The fourth-order valence-corrected chi connectivity index (χ4v) is 3.47. The molecule has 2 atom stereocenters. The minimum Gasteiger partial charge on any atom is -0.489 e. The smallest absolute Gasteiger partial charge is 0.408 e. The van der Waals surface area contributed by atoms with E-state index in [1.54, 1.807) is 0 Å². The Labute approximate surface area is 190 Å². The minimum atomic E-state index is -0.518. The van der Waals surface area contributed by atoms with Gasteiger partial charge in [-0.3, -0.25) is 0 Å². The lowest BCUT2D eigenvalue weighted by Crippen LogP contribution is -2.34. The Morgan fingerprint density at radius 3 is 2.66 bits per heavy atom. The van der Waals surface area contributed by atoms with Crippen molar-refractivity contribution in [3.63, 3.8) is 0 Å². The van der Waals surface area contributed by atoms with E-state index < -0.39 is 11.7 Å². The standard InChI is InChI=1S/C24H35N5O3/c1-7-28(6)22-25-14-12-21(27-22)29-15-13-20(16-29)31-19-10-8-18(9-11-19)17(2)26-23(30)32-24(3,4)5/h8-12,14,17,20H,7,13,15-16H2,1-6H3,(H,26,30)/t17-,20+/m0/s1. The predicted molar refractivity (Wildman–Crippen MR) is 126 cm³/mol. The molecule has 1 amide bonds. The summed E-state index contributed by atoms with van der Waals surface area (Å²) in [5.74, 6) is 2.48. The van der Waals surface area contributed by atoms with Gasteiger partial charge in [0, 0.05) is 32.8 Å². The zero-order valence-corrected chi connectivity index (χ0v) is 20.0. The molecule has 174 valence electrons. The quantitative estimate of drug-likeness (QED) is 0.690. The van der Waals surface area contributed by atoms with Gasteiger partial charge in [-0.15, -0.1) is 0 Å². The number of anilines is 2. The number of carbonyl (C=O) groups excluding carboxylic acids is 1. The predicted octanol–water partition coefficient (Wildman–Crippen LogP) is 4.18. The van der Waals surface area contributed by atoms with Crippen LogP contribution in [0.3, 0.4) is 0 Å². The lowest BCUT2D eigenvalue weighted by atomic mass is 10.1. The van der Waals surface area contributed by atoms with E-state index in [1.807, 2.05) is 76.2 Å². The Hall–Kier alpha value is -3.03. The first-order chi connectivity index (χ1) is 15.1. The number of hydrogen-bond acceptors (Lipinski definition) is 7. The number of nitrogens with one attached hydrogen (secondary N) is 1. The number of nitrogens with zero attached hydrogens (tertiary/aromatic N) is 4. The summed E-state index contributed by atoms with van der Waals surface area (Å²) >= 11 is 0. The van der Waals surface area contributed by atoms with E-state index in [4.69, 9.17) is 9.47 Å². The highest BCUT2D eigenvalue weighted by atomic mass is 16.6. The van der Waals surface area contributed by atoms with Gasteiger partial charge in [-0.25, -0.2) is 9.78 Å². The van der Waals surface area contributed by atoms with Gasteiger partial charge >= 0.3 is 6.09 Å². The Kier molecular flexibility index (Phi) is 7.43. The van der Waals surface area contributed by atoms with Crippen LogP contribution >= 0.6 is 0 Å². The summed E-state index contributed by atoms with van der Waals surface area (Å²) in [6.07, 6.45) is 2.42. The molecular formula is C24H35N5O3. The van der Waals surface area contributed by atoms with Crippen molar-refractivity contribution in [3.05, 3.63) is 42.1 Å². The van der Waals surface area contributed by atoms with Crippen molar-refractivity contribution in [1.29, 1.82) is 0 Å². The van der Waals surface area contributed by atoms with E-state index in [-0.39, 0.29) is 12.1 Å². The third-order valence-corrected chi connectivity index (χ3v) is 5.33. The van der Waals surface area contributed by atoms with Crippen molar-refractivity contribution < 1.29 is 14.3 Å². The summed E-state index contributed by atoms with van der Waals surface area (Å²) in [6.45, 7) is 12.1. The van der Waals surface area contributed by atoms with Gasteiger partial charge in [-0.2, -0.15) is 4.98 Å². The zero-order chi connectivity index (χ0) is 23.3. The first-order valence-electron chi connectivity index (χ1n) is 11.2. The summed E-state index contributed by atoms with van der Waals surface area (Å²) in [4.78, 5) is 25.3. The van der Waals surface area contributed by atoms with Crippen molar-refractivity contribution in [3.8, 4) is 5.75 Å². The van der Waals surface area contributed by atoms with Crippen molar-refractivity contribution in [2.75, 3.05) is 36.5 Å². The molecule has 2 aromatic rings. The summed E-state index contributed by atoms with van der Waals surface area (Å²) < 4.78 is 11.5. The highest BCUT2D eigenvalue weighted by Gasteiger charge is 2.26. The van der Waals surface area contributed by atoms with Gasteiger partial charge in [-0.05, 0) is 58.4 Å². The van der Waals surface area contributed by atoms with E-state index in [9.17, 15) is 4.79 Å². The third-order valence-electron chi connectivity index (χ3n) is 5.33. The lowest BCUT2D eigenvalue weighted by Gasteiger charge is -2.22. The molecule has 1 saturated heterocycles.